The standard InChI is InChI=1S/2C17H16F3N5O.C16H14F3N5O/c2*1-11(16-15(20)6-21-8-23-16)17(26-2,7-25-10-22-9-24-25)13-4-3-12(18)5-14(13)19;1-10(15-14(19)5-20-7-22-15)16(25,6-24-9-21-8-23-24)12-3-2-11(17)4-13(12)18/h2*3-6,8-11H,7H2,1-2H3;2-5,7-10,25H,6H2,1H3/t2*11-,17+;10-,16+/m000/s1. The van der Waals surface area contributed by atoms with Gasteiger partial charge in [0.25, 0.3) is 0 Å². The van der Waals surface area contributed by atoms with Crippen LogP contribution >= 0.6 is 0 Å². The van der Waals surface area contributed by atoms with Crippen molar-refractivity contribution in [2.24, 2.45) is 0 Å². The predicted octanol–water partition coefficient (Wildman–Crippen LogP) is 7.84. The fraction of sp³-hybridized carbons (Fsp3) is 0.280. The summed E-state index contributed by atoms with van der Waals surface area (Å²) in [5, 5.41) is 23.2. The van der Waals surface area contributed by atoms with Crippen LogP contribution in [0.15, 0.2) is 130 Å². The molecule has 6 atom stereocenters. The number of ether oxygens (including phenoxy) is 2. The first-order valence-corrected chi connectivity index (χ1v) is 22.9. The Morgan fingerprint density at radius 2 is 0.753 bits per heavy atom. The van der Waals surface area contributed by atoms with E-state index in [0.717, 1.165) is 61.3 Å². The summed E-state index contributed by atoms with van der Waals surface area (Å²) in [7, 11) is 2.74. The molecule has 27 heteroatoms. The molecule has 77 heavy (non-hydrogen) atoms. The molecule has 0 bridgehead atoms. The first-order chi connectivity index (χ1) is 36.9. The van der Waals surface area contributed by atoms with E-state index in [1.165, 1.54) is 97.9 Å². The lowest BCUT2D eigenvalue weighted by atomic mass is 9.79. The minimum atomic E-state index is -1.96. The number of methoxy groups -OCH3 is 2. The lowest BCUT2D eigenvalue weighted by Crippen LogP contribution is -2.41. The van der Waals surface area contributed by atoms with Gasteiger partial charge in [0, 0.05) is 66.9 Å². The van der Waals surface area contributed by atoms with E-state index < -0.39 is 86.9 Å². The molecule has 3 aromatic carbocycles. The maximum atomic E-state index is 14.6. The third-order valence-electron chi connectivity index (χ3n) is 12.9. The summed E-state index contributed by atoms with van der Waals surface area (Å²) in [6, 6.07) is 9.12. The van der Waals surface area contributed by atoms with E-state index in [9.17, 15) is 44.6 Å². The van der Waals surface area contributed by atoms with Crippen molar-refractivity contribution in [1.29, 1.82) is 0 Å². The zero-order valence-electron chi connectivity index (χ0n) is 41.4. The number of halogens is 9. The van der Waals surface area contributed by atoms with Gasteiger partial charge in [0.05, 0.1) is 55.3 Å². The van der Waals surface area contributed by atoms with Crippen molar-refractivity contribution in [3.05, 3.63) is 216 Å². The number of nitrogens with zero attached hydrogens (tertiary/aromatic N) is 15. The van der Waals surface area contributed by atoms with Crippen molar-refractivity contribution < 1.29 is 54.1 Å². The minimum absolute atomic E-state index is 0.0106. The topological polar surface area (TPSA) is 208 Å². The summed E-state index contributed by atoms with van der Waals surface area (Å²) in [6.45, 7) is 4.57. The van der Waals surface area contributed by atoms with E-state index in [1.54, 1.807) is 13.8 Å². The van der Waals surface area contributed by atoms with E-state index in [1.807, 2.05) is 0 Å². The van der Waals surface area contributed by atoms with Gasteiger partial charge in [-0.05, 0) is 18.2 Å². The van der Waals surface area contributed by atoms with Crippen LogP contribution in [-0.2, 0) is 45.9 Å². The Bertz CT molecular complexity index is 3200. The molecule has 9 aromatic rings. The van der Waals surface area contributed by atoms with Crippen molar-refractivity contribution in [2.45, 2.75) is 75.0 Å². The van der Waals surface area contributed by atoms with Gasteiger partial charge in [-0.15, -0.1) is 0 Å². The first-order valence-electron chi connectivity index (χ1n) is 22.9. The summed E-state index contributed by atoms with van der Waals surface area (Å²) in [5.74, 6) is -9.34. The van der Waals surface area contributed by atoms with Crippen molar-refractivity contribution in [3.63, 3.8) is 0 Å². The lowest BCUT2D eigenvalue weighted by Gasteiger charge is -2.38. The first kappa shape index (κ1) is 56.3. The van der Waals surface area contributed by atoms with Gasteiger partial charge >= 0.3 is 0 Å². The van der Waals surface area contributed by atoms with Gasteiger partial charge in [-0.25, -0.2) is 98.4 Å². The highest BCUT2D eigenvalue weighted by atomic mass is 19.2. The Morgan fingerprint density at radius 3 is 1.05 bits per heavy atom. The van der Waals surface area contributed by atoms with Gasteiger partial charge in [-0.2, -0.15) is 15.3 Å². The highest BCUT2D eigenvalue weighted by Crippen LogP contribution is 2.44. The number of hydrogen-bond donors (Lipinski definition) is 1. The molecule has 0 fully saturated rings. The van der Waals surface area contributed by atoms with Gasteiger partial charge in [0.2, 0.25) is 0 Å². The third kappa shape index (κ3) is 12.3. The van der Waals surface area contributed by atoms with Crippen molar-refractivity contribution in [3.8, 4) is 0 Å². The monoisotopic (exact) mass is 1080 g/mol. The van der Waals surface area contributed by atoms with Crippen molar-refractivity contribution in [2.75, 3.05) is 14.2 Å². The van der Waals surface area contributed by atoms with Gasteiger partial charge < -0.3 is 14.6 Å². The Kier molecular flexibility index (Phi) is 17.9. The quantitative estimate of drug-likeness (QED) is 0.0862. The molecule has 6 heterocycles. The normalized spacial score (nSPS) is 14.8. The largest absolute Gasteiger partial charge is 0.382 e. The second kappa shape index (κ2) is 24.5. The molecule has 18 nitrogen and oxygen atoms in total. The van der Waals surface area contributed by atoms with Gasteiger partial charge in [-0.1, -0.05) is 39.0 Å². The van der Waals surface area contributed by atoms with Gasteiger partial charge in [-0.3, -0.25) is 0 Å². The van der Waals surface area contributed by atoms with Crippen LogP contribution in [0.25, 0.3) is 0 Å². The Hall–Kier alpha value is -8.43. The van der Waals surface area contributed by atoms with Crippen molar-refractivity contribution >= 4 is 0 Å². The zero-order valence-corrected chi connectivity index (χ0v) is 41.4. The fourth-order valence-corrected chi connectivity index (χ4v) is 8.84. The average molecular weight is 1080 g/mol. The van der Waals surface area contributed by atoms with Crippen LogP contribution in [-0.4, -0.2) is 93.5 Å². The Labute approximate surface area is 432 Å². The molecule has 0 aliphatic rings. The average Bonchev–Trinajstić information content (AvgIpc) is 4.25. The zero-order chi connectivity index (χ0) is 55.5. The molecule has 1 N–H and O–H groups in total. The number of aromatic nitrogens is 15. The smallest absolute Gasteiger partial charge is 0.163 e. The highest BCUT2D eigenvalue weighted by Gasteiger charge is 2.46. The molecule has 402 valence electrons. The second-order valence-corrected chi connectivity index (χ2v) is 17.2. The molecule has 0 unspecified atom stereocenters. The maximum absolute atomic E-state index is 14.6. The van der Waals surface area contributed by atoms with Crippen LogP contribution in [0, 0.1) is 52.4 Å². The summed E-state index contributed by atoms with van der Waals surface area (Å²) >= 11 is 0. The van der Waals surface area contributed by atoms with Crippen LogP contribution in [0.3, 0.4) is 0 Å². The van der Waals surface area contributed by atoms with E-state index >= 15 is 0 Å². The summed E-state index contributed by atoms with van der Waals surface area (Å²) < 4.78 is 142. The molecule has 0 aliphatic carbocycles. The van der Waals surface area contributed by atoms with Crippen LogP contribution in [0.1, 0.15) is 72.3 Å². The summed E-state index contributed by atoms with van der Waals surface area (Å²) in [6.07, 6.45) is 14.6. The molecule has 0 saturated carbocycles. The molecule has 0 spiro atoms. The van der Waals surface area contributed by atoms with Crippen LogP contribution < -0.4 is 0 Å². The molecular weight excluding hydrogens is 1030 g/mol. The van der Waals surface area contributed by atoms with E-state index in [-0.39, 0.29) is 53.4 Å². The maximum Gasteiger partial charge on any atom is 0.163 e. The molecule has 9 rings (SSSR count). The number of benzene rings is 3. The van der Waals surface area contributed by atoms with E-state index in [0.29, 0.717) is 6.07 Å². The third-order valence-corrected chi connectivity index (χ3v) is 12.9. The highest BCUT2D eigenvalue weighted by molar-refractivity contribution is 5.33. The van der Waals surface area contributed by atoms with E-state index in [4.69, 9.17) is 9.47 Å². The SMILES string of the molecule is CO[C@@](Cn1cncn1)(c1ccc(F)cc1F)[C@@H](C)c1ncncc1F.CO[C@@](Cn1cncn1)(c1ccc(F)cc1F)[C@@H](C)c1ncncc1F.C[C@@H](c1ncncc1F)[C@](O)(Cn1cncn1)c1ccc(F)cc1F. The lowest BCUT2D eigenvalue weighted by molar-refractivity contribution is -0.0556. The fourth-order valence-electron chi connectivity index (χ4n) is 8.84. The van der Waals surface area contributed by atoms with Gasteiger partial charge in [0.1, 0.15) is 109 Å². The molecule has 0 aliphatic heterocycles. The number of hydrogen-bond acceptors (Lipinski definition) is 15. The van der Waals surface area contributed by atoms with Crippen LogP contribution in [0.4, 0.5) is 39.5 Å². The predicted molar refractivity (Wildman–Crippen MR) is 252 cm³/mol. The van der Waals surface area contributed by atoms with Crippen molar-refractivity contribution in [1.82, 2.24) is 74.2 Å². The number of aliphatic hydroxyl groups is 1. The van der Waals surface area contributed by atoms with E-state index in [2.05, 4.69) is 60.2 Å². The molecule has 0 radical (unpaired) electrons. The molecule has 6 aromatic heterocycles. The molecular formula is C50H46F9N15O3. The minimum Gasteiger partial charge on any atom is -0.382 e. The van der Waals surface area contributed by atoms with Gasteiger partial charge in [0.15, 0.2) is 17.5 Å². The van der Waals surface area contributed by atoms with Crippen LogP contribution in [0.5, 0.6) is 0 Å². The Balaban J connectivity index is 0.000000168. The van der Waals surface area contributed by atoms with Crippen LogP contribution in [0.2, 0.25) is 0 Å². The molecule has 0 amide bonds. The Morgan fingerprint density at radius 1 is 0.429 bits per heavy atom. The second-order valence-electron chi connectivity index (χ2n) is 17.2. The number of rotatable bonds is 17. The summed E-state index contributed by atoms with van der Waals surface area (Å²) in [4.78, 5) is 34.2. The summed E-state index contributed by atoms with van der Waals surface area (Å²) in [5.41, 5.74) is -4.88. The molecule has 0 saturated heterocycles.